The van der Waals surface area contributed by atoms with Crippen molar-refractivity contribution in [1.29, 1.82) is 0 Å². The third-order valence-corrected chi connectivity index (χ3v) is 5.38. The lowest BCUT2D eigenvalue weighted by Crippen LogP contribution is -2.46. The van der Waals surface area contributed by atoms with Crippen molar-refractivity contribution in [2.24, 2.45) is 0 Å². The van der Waals surface area contributed by atoms with Crippen LogP contribution >= 0.6 is 0 Å². The molecule has 0 spiro atoms. The van der Waals surface area contributed by atoms with Crippen LogP contribution in [-0.4, -0.2) is 49.7 Å². The Morgan fingerprint density at radius 1 is 1.20 bits per heavy atom. The Hall–Kier alpha value is -2.54. The summed E-state index contributed by atoms with van der Waals surface area (Å²) in [6.45, 7) is 4.64. The highest BCUT2D eigenvalue weighted by Crippen LogP contribution is 2.35. The summed E-state index contributed by atoms with van der Waals surface area (Å²) in [6, 6.07) is 7.80. The number of rotatable bonds is 3. The van der Waals surface area contributed by atoms with Gasteiger partial charge in [0.05, 0.1) is 0 Å². The summed E-state index contributed by atoms with van der Waals surface area (Å²) >= 11 is 0. The lowest BCUT2D eigenvalue weighted by Gasteiger charge is -2.34. The molecule has 2 aliphatic heterocycles. The minimum atomic E-state index is -0.165. The van der Waals surface area contributed by atoms with Gasteiger partial charge >= 0.3 is 0 Å². The first-order valence-electron chi connectivity index (χ1n) is 8.60. The van der Waals surface area contributed by atoms with Gasteiger partial charge in [0, 0.05) is 44.1 Å². The van der Waals surface area contributed by atoms with Crippen LogP contribution in [0.1, 0.15) is 17.8 Å². The van der Waals surface area contributed by atoms with Crippen LogP contribution in [0, 0.1) is 12.7 Å². The van der Waals surface area contributed by atoms with Gasteiger partial charge in [-0.3, -0.25) is 9.30 Å². The number of likely N-dealkylation sites (tertiary alicyclic amines) is 1. The standard InChI is InChI=1S/C18H19FN6/c1-12-21-22-18-17(20-5-6-24(12)18)25-11-15-8-16(25)10-23(15)9-13-3-2-4-14(19)7-13/h2-7,15-16H,8-11H2,1H3. The van der Waals surface area contributed by atoms with Crippen molar-refractivity contribution in [3.63, 3.8) is 0 Å². The van der Waals surface area contributed by atoms with Crippen molar-refractivity contribution in [2.45, 2.75) is 32.0 Å². The number of benzene rings is 1. The van der Waals surface area contributed by atoms with E-state index in [2.05, 4.69) is 25.0 Å². The molecule has 128 valence electrons. The fourth-order valence-corrected chi connectivity index (χ4v) is 4.20. The molecule has 0 saturated carbocycles. The second kappa shape index (κ2) is 5.49. The van der Waals surface area contributed by atoms with Crippen LogP contribution in [0.25, 0.3) is 5.65 Å². The smallest absolute Gasteiger partial charge is 0.203 e. The van der Waals surface area contributed by atoms with Gasteiger partial charge in [-0.2, -0.15) is 0 Å². The zero-order valence-corrected chi connectivity index (χ0v) is 14.0. The Balaban J connectivity index is 1.37. The predicted octanol–water partition coefficient (Wildman–Crippen LogP) is 2.03. The summed E-state index contributed by atoms with van der Waals surface area (Å²) in [4.78, 5) is 9.38. The molecule has 3 aromatic rings. The van der Waals surface area contributed by atoms with Crippen molar-refractivity contribution in [3.05, 3.63) is 53.9 Å². The first-order chi connectivity index (χ1) is 12.2. The molecule has 0 N–H and O–H groups in total. The van der Waals surface area contributed by atoms with Crippen LogP contribution in [-0.2, 0) is 6.54 Å². The Morgan fingerprint density at radius 3 is 2.92 bits per heavy atom. The number of halogens is 1. The van der Waals surface area contributed by atoms with Gasteiger partial charge in [-0.25, -0.2) is 9.37 Å². The average molecular weight is 338 g/mol. The topological polar surface area (TPSA) is 49.6 Å². The van der Waals surface area contributed by atoms with E-state index in [4.69, 9.17) is 0 Å². The largest absolute Gasteiger partial charge is 0.348 e. The molecule has 0 amide bonds. The highest BCUT2D eigenvalue weighted by atomic mass is 19.1. The normalized spacial score (nSPS) is 23.0. The zero-order valence-electron chi connectivity index (χ0n) is 14.0. The number of nitrogens with zero attached hydrogens (tertiary/aromatic N) is 6. The molecule has 25 heavy (non-hydrogen) atoms. The number of anilines is 1. The molecular weight excluding hydrogens is 319 g/mol. The van der Waals surface area contributed by atoms with E-state index in [0.717, 1.165) is 48.9 Å². The monoisotopic (exact) mass is 338 g/mol. The number of hydrogen-bond donors (Lipinski definition) is 0. The van der Waals surface area contributed by atoms with Crippen LogP contribution in [0.3, 0.4) is 0 Å². The molecule has 2 unspecified atom stereocenters. The minimum absolute atomic E-state index is 0.165. The number of hydrogen-bond acceptors (Lipinski definition) is 5. The quantitative estimate of drug-likeness (QED) is 0.731. The number of fused-ring (bicyclic) bond motifs is 3. The van der Waals surface area contributed by atoms with Crippen molar-refractivity contribution < 1.29 is 4.39 Å². The Morgan fingerprint density at radius 2 is 2.12 bits per heavy atom. The molecule has 0 aliphatic carbocycles. The minimum Gasteiger partial charge on any atom is -0.348 e. The molecule has 6 nitrogen and oxygen atoms in total. The van der Waals surface area contributed by atoms with Crippen LogP contribution in [0.4, 0.5) is 10.2 Å². The van der Waals surface area contributed by atoms with E-state index in [9.17, 15) is 4.39 Å². The second-order valence-electron chi connectivity index (χ2n) is 6.95. The maximum atomic E-state index is 13.4. The van der Waals surface area contributed by atoms with Gasteiger partial charge in [0.15, 0.2) is 5.82 Å². The molecule has 0 radical (unpaired) electrons. The molecule has 2 saturated heterocycles. The number of aryl methyl sites for hydroxylation is 1. The average Bonchev–Trinajstić information content (AvgIpc) is 3.29. The molecule has 2 fully saturated rings. The predicted molar refractivity (Wildman–Crippen MR) is 91.9 cm³/mol. The Kier molecular flexibility index (Phi) is 3.24. The molecule has 4 heterocycles. The fourth-order valence-electron chi connectivity index (χ4n) is 4.20. The molecule has 1 aromatic carbocycles. The second-order valence-corrected chi connectivity index (χ2v) is 6.95. The Labute approximate surface area is 144 Å². The van der Waals surface area contributed by atoms with Crippen LogP contribution < -0.4 is 4.90 Å². The fraction of sp³-hybridized carbons (Fsp3) is 0.389. The summed E-state index contributed by atoms with van der Waals surface area (Å²) in [6.07, 6.45) is 4.83. The molecule has 2 aromatic heterocycles. The van der Waals surface area contributed by atoms with E-state index in [1.165, 1.54) is 6.07 Å². The van der Waals surface area contributed by atoms with E-state index in [-0.39, 0.29) is 5.82 Å². The first-order valence-corrected chi connectivity index (χ1v) is 8.60. The molecule has 5 rings (SSSR count). The van der Waals surface area contributed by atoms with Crippen LogP contribution in [0.2, 0.25) is 0 Å². The van der Waals surface area contributed by atoms with Gasteiger partial charge < -0.3 is 4.90 Å². The van der Waals surface area contributed by atoms with Crippen molar-refractivity contribution in [2.75, 3.05) is 18.0 Å². The van der Waals surface area contributed by atoms with Gasteiger partial charge in [0.2, 0.25) is 5.65 Å². The third kappa shape index (κ3) is 2.38. The maximum absolute atomic E-state index is 13.4. The molecule has 2 aliphatic rings. The lowest BCUT2D eigenvalue weighted by molar-refractivity contribution is 0.230. The molecular formula is C18H19FN6. The number of piperazine rings is 1. The summed E-state index contributed by atoms with van der Waals surface area (Å²) in [5.41, 5.74) is 1.86. The highest BCUT2D eigenvalue weighted by Gasteiger charge is 2.44. The van der Waals surface area contributed by atoms with Gasteiger partial charge in [0.1, 0.15) is 11.6 Å². The third-order valence-electron chi connectivity index (χ3n) is 5.38. The Bertz CT molecular complexity index is 938. The first kappa shape index (κ1) is 14.8. The summed E-state index contributed by atoms with van der Waals surface area (Å²) in [7, 11) is 0. The van der Waals surface area contributed by atoms with E-state index in [1.54, 1.807) is 12.1 Å². The molecule has 2 atom stereocenters. The van der Waals surface area contributed by atoms with Crippen LogP contribution in [0.5, 0.6) is 0 Å². The SMILES string of the molecule is Cc1nnc2c(N3CC4CC3CN4Cc3cccc(F)c3)nccn12. The number of aromatic nitrogens is 4. The molecule has 7 heteroatoms. The van der Waals surface area contributed by atoms with E-state index in [1.807, 2.05) is 29.8 Å². The van der Waals surface area contributed by atoms with Crippen molar-refractivity contribution in [3.8, 4) is 0 Å². The highest BCUT2D eigenvalue weighted by molar-refractivity contribution is 5.65. The van der Waals surface area contributed by atoms with Crippen LogP contribution in [0.15, 0.2) is 36.7 Å². The summed E-state index contributed by atoms with van der Waals surface area (Å²) in [5, 5.41) is 8.47. The van der Waals surface area contributed by atoms with Gasteiger partial charge in [-0.1, -0.05) is 12.1 Å². The van der Waals surface area contributed by atoms with Gasteiger partial charge in [0.25, 0.3) is 0 Å². The van der Waals surface area contributed by atoms with Gasteiger partial charge in [-0.15, -0.1) is 10.2 Å². The summed E-state index contributed by atoms with van der Waals surface area (Å²) in [5.74, 6) is 1.62. The van der Waals surface area contributed by atoms with E-state index < -0.39 is 0 Å². The van der Waals surface area contributed by atoms with Crippen molar-refractivity contribution in [1.82, 2.24) is 24.5 Å². The lowest BCUT2D eigenvalue weighted by atomic mass is 10.2. The maximum Gasteiger partial charge on any atom is 0.203 e. The summed E-state index contributed by atoms with van der Waals surface area (Å²) < 4.78 is 15.4. The zero-order chi connectivity index (χ0) is 17.0. The molecule has 2 bridgehead atoms. The van der Waals surface area contributed by atoms with Gasteiger partial charge in [-0.05, 0) is 31.0 Å². The van der Waals surface area contributed by atoms with Crippen molar-refractivity contribution >= 4 is 11.5 Å². The van der Waals surface area contributed by atoms with E-state index >= 15 is 0 Å². The van der Waals surface area contributed by atoms with E-state index in [0.29, 0.717) is 12.1 Å².